The van der Waals surface area contributed by atoms with E-state index in [9.17, 15) is 4.79 Å². The quantitative estimate of drug-likeness (QED) is 0.748. The molecule has 2 rings (SSSR count). The van der Waals surface area contributed by atoms with E-state index in [0.717, 1.165) is 18.7 Å². The lowest BCUT2D eigenvalue weighted by atomic mass is 10.2. The maximum Gasteiger partial charge on any atom is 0.153 e. The zero-order valence-electron chi connectivity index (χ0n) is 11.0. The Bertz CT molecular complexity index is 564. The average Bonchev–Trinajstić information content (AvgIpc) is 2.92. The number of rotatable bonds is 6. The number of aryl methyl sites for hydroxylation is 1. The minimum Gasteiger partial charge on any atom is -0.497 e. The predicted octanol–water partition coefficient (Wildman–Crippen LogP) is 2.30. The van der Waals surface area contributed by atoms with Crippen molar-refractivity contribution in [2.45, 2.75) is 20.1 Å². The van der Waals surface area contributed by atoms with Crippen LogP contribution in [0.4, 0.5) is 0 Å². The first kappa shape index (κ1) is 13.1. The molecule has 0 N–H and O–H groups in total. The lowest BCUT2D eigenvalue weighted by Gasteiger charge is -2.10. The fourth-order valence-electron chi connectivity index (χ4n) is 1.79. The zero-order valence-corrected chi connectivity index (χ0v) is 11.0. The van der Waals surface area contributed by atoms with Crippen LogP contribution in [-0.2, 0) is 13.2 Å². The van der Waals surface area contributed by atoms with Crippen LogP contribution in [0.1, 0.15) is 23.1 Å². The summed E-state index contributed by atoms with van der Waals surface area (Å²) < 4.78 is 12.7. The van der Waals surface area contributed by atoms with Gasteiger partial charge in [-0.1, -0.05) is 0 Å². The molecule has 0 aliphatic rings. The molecule has 19 heavy (non-hydrogen) atoms. The SMILES string of the molecule is CCn1ccnc1COc1ccc(OC)cc1C=O. The van der Waals surface area contributed by atoms with E-state index in [1.807, 2.05) is 17.7 Å². The Morgan fingerprint density at radius 2 is 2.26 bits per heavy atom. The molecule has 2 aromatic rings. The molecule has 100 valence electrons. The Kier molecular flexibility index (Phi) is 4.18. The van der Waals surface area contributed by atoms with Crippen LogP contribution >= 0.6 is 0 Å². The summed E-state index contributed by atoms with van der Waals surface area (Å²) in [5.74, 6) is 1.99. The third-order valence-electron chi connectivity index (χ3n) is 2.84. The second-order valence-electron chi connectivity index (χ2n) is 3.94. The lowest BCUT2D eigenvalue weighted by Crippen LogP contribution is -2.06. The topological polar surface area (TPSA) is 53.4 Å². The van der Waals surface area contributed by atoms with E-state index >= 15 is 0 Å². The molecule has 0 aliphatic heterocycles. The van der Waals surface area contributed by atoms with Gasteiger partial charge in [0, 0.05) is 18.9 Å². The van der Waals surface area contributed by atoms with Crippen LogP contribution < -0.4 is 9.47 Å². The van der Waals surface area contributed by atoms with Gasteiger partial charge in [0.15, 0.2) is 6.29 Å². The van der Waals surface area contributed by atoms with E-state index in [0.29, 0.717) is 23.7 Å². The fourth-order valence-corrected chi connectivity index (χ4v) is 1.79. The molecule has 0 saturated carbocycles. The smallest absolute Gasteiger partial charge is 0.153 e. The summed E-state index contributed by atoms with van der Waals surface area (Å²) in [5.41, 5.74) is 0.467. The van der Waals surface area contributed by atoms with Gasteiger partial charge < -0.3 is 14.0 Å². The van der Waals surface area contributed by atoms with Gasteiger partial charge in [-0.3, -0.25) is 4.79 Å². The Labute approximate surface area is 111 Å². The molecule has 0 aliphatic carbocycles. The number of hydrogen-bond acceptors (Lipinski definition) is 4. The number of methoxy groups -OCH3 is 1. The summed E-state index contributed by atoms with van der Waals surface area (Å²) in [6.45, 7) is 3.20. The Hall–Kier alpha value is -2.30. The Balaban J connectivity index is 2.13. The molecule has 0 atom stereocenters. The van der Waals surface area contributed by atoms with E-state index in [2.05, 4.69) is 4.98 Å². The summed E-state index contributed by atoms with van der Waals surface area (Å²) >= 11 is 0. The molecule has 0 fully saturated rings. The number of aldehydes is 1. The van der Waals surface area contributed by atoms with Crippen LogP contribution in [0.2, 0.25) is 0 Å². The van der Waals surface area contributed by atoms with E-state index in [-0.39, 0.29) is 0 Å². The molecule has 5 heteroatoms. The summed E-state index contributed by atoms with van der Waals surface area (Å²) in [6, 6.07) is 5.13. The van der Waals surface area contributed by atoms with Crippen LogP contribution in [0.15, 0.2) is 30.6 Å². The number of aromatic nitrogens is 2. The standard InChI is InChI=1S/C14H16N2O3/c1-3-16-7-6-15-14(16)10-19-13-5-4-12(18-2)8-11(13)9-17/h4-9H,3,10H2,1-2H3. The first-order chi connectivity index (χ1) is 9.28. The first-order valence-electron chi connectivity index (χ1n) is 6.04. The van der Waals surface area contributed by atoms with Crippen molar-refractivity contribution in [2.75, 3.05) is 7.11 Å². The maximum absolute atomic E-state index is 11.0. The van der Waals surface area contributed by atoms with Gasteiger partial charge in [-0.25, -0.2) is 4.98 Å². The van der Waals surface area contributed by atoms with Crippen LogP contribution in [0.5, 0.6) is 11.5 Å². The summed E-state index contributed by atoms with van der Waals surface area (Å²) in [7, 11) is 1.56. The van der Waals surface area contributed by atoms with Gasteiger partial charge in [0.1, 0.15) is 23.9 Å². The van der Waals surface area contributed by atoms with Gasteiger partial charge in [-0.2, -0.15) is 0 Å². The first-order valence-corrected chi connectivity index (χ1v) is 6.04. The highest BCUT2D eigenvalue weighted by molar-refractivity contribution is 5.80. The van der Waals surface area contributed by atoms with E-state index in [4.69, 9.17) is 9.47 Å². The second kappa shape index (κ2) is 6.04. The van der Waals surface area contributed by atoms with Crippen molar-refractivity contribution in [1.29, 1.82) is 0 Å². The number of ether oxygens (including phenoxy) is 2. The zero-order chi connectivity index (χ0) is 13.7. The van der Waals surface area contributed by atoms with Crippen LogP contribution in [0, 0.1) is 0 Å². The van der Waals surface area contributed by atoms with Crippen LogP contribution in [0.25, 0.3) is 0 Å². The van der Waals surface area contributed by atoms with E-state index in [1.54, 1.807) is 31.5 Å². The Morgan fingerprint density at radius 3 is 2.95 bits per heavy atom. The third-order valence-corrected chi connectivity index (χ3v) is 2.84. The largest absolute Gasteiger partial charge is 0.497 e. The van der Waals surface area contributed by atoms with Crippen molar-refractivity contribution in [3.63, 3.8) is 0 Å². The predicted molar refractivity (Wildman–Crippen MR) is 70.6 cm³/mol. The Morgan fingerprint density at radius 1 is 1.42 bits per heavy atom. The minimum absolute atomic E-state index is 0.327. The molecule has 0 spiro atoms. The van der Waals surface area contributed by atoms with Crippen molar-refractivity contribution < 1.29 is 14.3 Å². The number of imidazole rings is 1. The molecule has 1 heterocycles. The summed E-state index contributed by atoms with van der Waals surface area (Å²) in [4.78, 5) is 15.2. The van der Waals surface area contributed by atoms with Gasteiger partial charge in [-0.05, 0) is 25.1 Å². The van der Waals surface area contributed by atoms with Crippen molar-refractivity contribution in [3.8, 4) is 11.5 Å². The van der Waals surface area contributed by atoms with Gasteiger partial charge in [0.2, 0.25) is 0 Å². The molecule has 5 nitrogen and oxygen atoms in total. The molecule has 1 aromatic heterocycles. The number of hydrogen-bond donors (Lipinski definition) is 0. The minimum atomic E-state index is 0.327. The average molecular weight is 260 g/mol. The highest BCUT2D eigenvalue weighted by Gasteiger charge is 2.07. The van der Waals surface area contributed by atoms with Gasteiger partial charge in [-0.15, -0.1) is 0 Å². The van der Waals surface area contributed by atoms with Gasteiger partial charge >= 0.3 is 0 Å². The number of carbonyl (C=O) groups is 1. The van der Waals surface area contributed by atoms with Gasteiger partial charge in [0.25, 0.3) is 0 Å². The van der Waals surface area contributed by atoms with Gasteiger partial charge in [0.05, 0.1) is 12.7 Å². The van der Waals surface area contributed by atoms with E-state index < -0.39 is 0 Å². The lowest BCUT2D eigenvalue weighted by molar-refractivity contribution is 0.111. The number of benzene rings is 1. The molecule has 0 amide bonds. The number of nitrogens with zero attached hydrogens (tertiary/aromatic N) is 2. The van der Waals surface area contributed by atoms with E-state index in [1.165, 1.54) is 0 Å². The fraction of sp³-hybridized carbons (Fsp3) is 0.286. The van der Waals surface area contributed by atoms with Crippen LogP contribution in [0.3, 0.4) is 0 Å². The highest BCUT2D eigenvalue weighted by atomic mass is 16.5. The van der Waals surface area contributed by atoms with Crippen molar-refractivity contribution in [3.05, 3.63) is 42.0 Å². The summed E-state index contributed by atoms with van der Waals surface area (Å²) in [5, 5.41) is 0. The van der Waals surface area contributed by atoms with Crippen molar-refractivity contribution in [1.82, 2.24) is 9.55 Å². The second-order valence-corrected chi connectivity index (χ2v) is 3.94. The molecule has 0 saturated heterocycles. The maximum atomic E-state index is 11.0. The molecular weight excluding hydrogens is 244 g/mol. The molecule has 1 aromatic carbocycles. The summed E-state index contributed by atoms with van der Waals surface area (Å²) in [6.07, 6.45) is 4.38. The number of carbonyl (C=O) groups excluding carboxylic acids is 1. The molecule has 0 bridgehead atoms. The molecule has 0 radical (unpaired) electrons. The van der Waals surface area contributed by atoms with Crippen molar-refractivity contribution >= 4 is 6.29 Å². The van der Waals surface area contributed by atoms with Crippen molar-refractivity contribution in [2.24, 2.45) is 0 Å². The highest BCUT2D eigenvalue weighted by Crippen LogP contribution is 2.23. The van der Waals surface area contributed by atoms with Crippen LogP contribution in [-0.4, -0.2) is 22.9 Å². The molecular formula is C14H16N2O3. The molecule has 0 unspecified atom stereocenters. The normalized spacial score (nSPS) is 10.2. The monoisotopic (exact) mass is 260 g/mol. The third kappa shape index (κ3) is 2.93.